The van der Waals surface area contributed by atoms with Gasteiger partial charge in [0.25, 0.3) is 0 Å². The molecule has 19 heavy (non-hydrogen) atoms. The van der Waals surface area contributed by atoms with Crippen LogP contribution in [0.15, 0.2) is 28.7 Å². The van der Waals surface area contributed by atoms with Crippen molar-refractivity contribution >= 4 is 5.69 Å². The summed E-state index contributed by atoms with van der Waals surface area (Å²) in [4.78, 5) is 5.83. The molecule has 0 N–H and O–H groups in total. The Morgan fingerprint density at radius 3 is 2.47 bits per heavy atom. The van der Waals surface area contributed by atoms with E-state index in [9.17, 15) is 5.26 Å². The first kappa shape index (κ1) is 13.0. The summed E-state index contributed by atoms with van der Waals surface area (Å²) in [5.41, 5.74) is 1.57. The highest BCUT2D eigenvalue weighted by Gasteiger charge is 2.12. The average molecular weight is 257 g/mol. The maximum absolute atomic E-state index is 9.25. The predicted octanol–water partition coefficient (Wildman–Crippen LogP) is 2.79. The van der Waals surface area contributed by atoms with Crippen LogP contribution in [0.2, 0.25) is 0 Å². The molecule has 0 atom stereocenters. The van der Waals surface area contributed by atoms with Crippen molar-refractivity contribution in [1.29, 1.82) is 5.26 Å². The second-order valence-electron chi connectivity index (χ2n) is 4.12. The van der Waals surface area contributed by atoms with Crippen LogP contribution in [0.1, 0.15) is 17.3 Å². The third-order valence-electron chi connectivity index (χ3n) is 2.81. The SMILES string of the molecule is COc1ccc(N(C#N)Cc2nc(C)oc2C)cc1. The molecule has 0 fully saturated rings. The highest BCUT2D eigenvalue weighted by atomic mass is 16.5. The molecule has 0 spiro atoms. The molecule has 5 nitrogen and oxygen atoms in total. The van der Waals surface area contributed by atoms with Crippen LogP contribution < -0.4 is 9.64 Å². The van der Waals surface area contributed by atoms with Gasteiger partial charge in [0.15, 0.2) is 12.1 Å². The monoisotopic (exact) mass is 257 g/mol. The summed E-state index contributed by atoms with van der Waals surface area (Å²) in [5.74, 6) is 2.11. The first-order valence-corrected chi connectivity index (χ1v) is 5.88. The number of ether oxygens (including phenoxy) is 1. The number of hydrogen-bond acceptors (Lipinski definition) is 5. The topological polar surface area (TPSA) is 62.3 Å². The second-order valence-corrected chi connectivity index (χ2v) is 4.12. The third kappa shape index (κ3) is 2.86. The van der Waals surface area contributed by atoms with Gasteiger partial charge in [-0.05, 0) is 31.2 Å². The Labute approximate surface area is 112 Å². The van der Waals surface area contributed by atoms with E-state index in [-0.39, 0.29) is 0 Å². The zero-order valence-corrected chi connectivity index (χ0v) is 11.2. The molecule has 0 saturated carbocycles. The van der Waals surface area contributed by atoms with Crippen molar-refractivity contribution in [1.82, 2.24) is 4.98 Å². The van der Waals surface area contributed by atoms with Crippen molar-refractivity contribution in [3.05, 3.63) is 41.6 Å². The minimum absolute atomic E-state index is 0.395. The van der Waals surface area contributed by atoms with Crippen LogP contribution in [-0.2, 0) is 6.54 Å². The van der Waals surface area contributed by atoms with Gasteiger partial charge < -0.3 is 9.15 Å². The van der Waals surface area contributed by atoms with Gasteiger partial charge in [-0.1, -0.05) is 0 Å². The molecule has 2 rings (SSSR count). The van der Waals surface area contributed by atoms with Gasteiger partial charge in [-0.2, -0.15) is 5.26 Å². The minimum atomic E-state index is 0.395. The van der Waals surface area contributed by atoms with Gasteiger partial charge in [0, 0.05) is 6.92 Å². The number of rotatable bonds is 4. The number of aryl methyl sites for hydroxylation is 2. The number of anilines is 1. The van der Waals surface area contributed by atoms with Crippen molar-refractivity contribution in [3.63, 3.8) is 0 Å². The Bertz CT molecular complexity index is 596. The summed E-state index contributed by atoms with van der Waals surface area (Å²) < 4.78 is 10.5. The largest absolute Gasteiger partial charge is 0.497 e. The number of oxazole rings is 1. The zero-order chi connectivity index (χ0) is 13.8. The van der Waals surface area contributed by atoms with E-state index < -0.39 is 0 Å². The van der Waals surface area contributed by atoms with Gasteiger partial charge >= 0.3 is 0 Å². The van der Waals surface area contributed by atoms with Crippen LogP contribution in [-0.4, -0.2) is 12.1 Å². The highest BCUT2D eigenvalue weighted by Crippen LogP contribution is 2.21. The van der Waals surface area contributed by atoms with E-state index in [0.29, 0.717) is 12.4 Å². The van der Waals surface area contributed by atoms with Crippen LogP contribution in [0.4, 0.5) is 5.69 Å². The smallest absolute Gasteiger partial charge is 0.191 e. The standard InChI is InChI=1S/C14H15N3O2/c1-10-14(16-11(2)19-10)8-17(9-15)12-4-6-13(18-3)7-5-12/h4-7H,8H2,1-3H3. The van der Waals surface area contributed by atoms with Gasteiger partial charge in [-0.25, -0.2) is 4.98 Å². The lowest BCUT2D eigenvalue weighted by molar-refractivity contribution is 0.415. The molecular formula is C14H15N3O2. The van der Waals surface area contributed by atoms with E-state index in [2.05, 4.69) is 11.2 Å². The van der Waals surface area contributed by atoms with Gasteiger partial charge in [-0.3, -0.25) is 4.90 Å². The molecule has 0 aliphatic rings. The third-order valence-corrected chi connectivity index (χ3v) is 2.81. The quantitative estimate of drug-likeness (QED) is 0.622. The Kier molecular flexibility index (Phi) is 3.71. The molecule has 0 radical (unpaired) electrons. The minimum Gasteiger partial charge on any atom is -0.497 e. The van der Waals surface area contributed by atoms with E-state index >= 15 is 0 Å². The van der Waals surface area contributed by atoms with Crippen molar-refractivity contribution in [2.45, 2.75) is 20.4 Å². The number of nitrogens with zero attached hydrogens (tertiary/aromatic N) is 3. The van der Waals surface area contributed by atoms with Crippen LogP contribution in [0.25, 0.3) is 0 Å². The number of nitriles is 1. The fourth-order valence-corrected chi connectivity index (χ4v) is 1.82. The number of aromatic nitrogens is 1. The first-order valence-electron chi connectivity index (χ1n) is 5.88. The molecule has 98 valence electrons. The Balaban J connectivity index is 2.20. The van der Waals surface area contributed by atoms with Crippen LogP contribution in [0.5, 0.6) is 5.75 Å². The van der Waals surface area contributed by atoms with Gasteiger partial charge in [0.1, 0.15) is 17.2 Å². The fraction of sp³-hybridized carbons (Fsp3) is 0.286. The van der Waals surface area contributed by atoms with Crippen LogP contribution in [0.3, 0.4) is 0 Å². The Morgan fingerprint density at radius 2 is 2.00 bits per heavy atom. The van der Waals surface area contributed by atoms with E-state index in [1.807, 2.05) is 31.2 Å². The Morgan fingerprint density at radius 1 is 1.32 bits per heavy atom. The fourth-order valence-electron chi connectivity index (χ4n) is 1.82. The lowest BCUT2D eigenvalue weighted by atomic mass is 10.2. The number of benzene rings is 1. The van der Waals surface area contributed by atoms with Crippen LogP contribution >= 0.6 is 0 Å². The molecule has 0 unspecified atom stereocenters. The molecular weight excluding hydrogens is 242 g/mol. The number of hydrogen-bond donors (Lipinski definition) is 0. The lowest BCUT2D eigenvalue weighted by Crippen LogP contribution is -2.16. The maximum Gasteiger partial charge on any atom is 0.191 e. The summed E-state index contributed by atoms with van der Waals surface area (Å²) in [6.45, 7) is 4.03. The molecule has 0 aliphatic heterocycles. The average Bonchev–Trinajstić information content (AvgIpc) is 2.74. The summed E-state index contributed by atoms with van der Waals surface area (Å²) in [6, 6.07) is 7.32. The Hall–Kier alpha value is -2.48. The van der Waals surface area contributed by atoms with Crippen molar-refractivity contribution < 1.29 is 9.15 Å². The summed E-state index contributed by atoms with van der Waals surface area (Å²) in [5, 5.41) is 9.25. The molecule has 5 heteroatoms. The summed E-state index contributed by atoms with van der Waals surface area (Å²) in [7, 11) is 1.61. The molecule has 0 saturated heterocycles. The van der Waals surface area contributed by atoms with Crippen molar-refractivity contribution in [2.24, 2.45) is 0 Å². The normalized spacial score (nSPS) is 10.0. The zero-order valence-electron chi connectivity index (χ0n) is 11.2. The highest BCUT2D eigenvalue weighted by molar-refractivity contribution is 5.52. The van der Waals surface area contributed by atoms with Gasteiger partial charge in [0.2, 0.25) is 0 Å². The first-order chi connectivity index (χ1) is 9.13. The van der Waals surface area contributed by atoms with E-state index in [0.717, 1.165) is 22.9 Å². The second kappa shape index (κ2) is 5.44. The van der Waals surface area contributed by atoms with Crippen molar-refractivity contribution in [2.75, 3.05) is 12.0 Å². The van der Waals surface area contributed by atoms with Crippen molar-refractivity contribution in [3.8, 4) is 11.9 Å². The molecule has 2 aromatic rings. The van der Waals surface area contributed by atoms with Gasteiger partial charge in [-0.15, -0.1) is 0 Å². The summed E-state index contributed by atoms with van der Waals surface area (Å²) >= 11 is 0. The van der Waals surface area contributed by atoms with E-state index in [4.69, 9.17) is 9.15 Å². The molecule has 0 bridgehead atoms. The molecule has 0 amide bonds. The number of methoxy groups -OCH3 is 1. The van der Waals surface area contributed by atoms with E-state index in [1.54, 1.807) is 18.9 Å². The molecule has 1 aromatic carbocycles. The predicted molar refractivity (Wildman–Crippen MR) is 70.8 cm³/mol. The van der Waals surface area contributed by atoms with Crippen LogP contribution in [0, 0.1) is 25.3 Å². The summed E-state index contributed by atoms with van der Waals surface area (Å²) in [6.07, 6.45) is 2.15. The maximum atomic E-state index is 9.25. The molecule has 1 aromatic heterocycles. The van der Waals surface area contributed by atoms with E-state index in [1.165, 1.54) is 0 Å². The molecule has 0 aliphatic carbocycles. The molecule has 1 heterocycles. The lowest BCUT2D eigenvalue weighted by Gasteiger charge is -2.14. The van der Waals surface area contributed by atoms with Gasteiger partial charge in [0.05, 0.1) is 19.3 Å².